The van der Waals surface area contributed by atoms with E-state index >= 15 is 0 Å². The number of nitrogens with zero attached hydrogens (tertiary/aromatic N) is 1. The first-order valence-corrected chi connectivity index (χ1v) is 5.55. The van der Waals surface area contributed by atoms with Crippen LogP contribution < -0.4 is 10.6 Å². The van der Waals surface area contributed by atoms with E-state index in [9.17, 15) is 4.79 Å². The lowest BCUT2D eigenvalue weighted by Gasteiger charge is -2.23. The van der Waals surface area contributed by atoms with Crippen LogP contribution in [0.15, 0.2) is 0 Å². The van der Waals surface area contributed by atoms with E-state index in [1.54, 1.807) is 0 Å². The van der Waals surface area contributed by atoms with Crippen molar-refractivity contribution < 1.29 is 4.79 Å². The Morgan fingerprint density at radius 1 is 1.50 bits per heavy atom. The van der Waals surface area contributed by atoms with E-state index in [0.717, 1.165) is 26.2 Å². The maximum absolute atomic E-state index is 11.7. The molecule has 2 bridgehead atoms. The van der Waals surface area contributed by atoms with E-state index < -0.39 is 0 Å². The molecule has 2 atom stereocenters. The van der Waals surface area contributed by atoms with Gasteiger partial charge in [-0.05, 0) is 32.2 Å². The Bertz CT molecular complexity index is 197. The van der Waals surface area contributed by atoms with E-state index in [4.69, 9.17) is 0 Å². The topological polar surface area (TPSA) is 44.4 Å². The maximum Gasteiger partial charge on any atom is 0.317 e. The zero-order valence-corrected chi connectivity index (χ0v) is 8.75. The molecule has 2 N–H and O–H groups in total. The molecule has 0 aromatic carbocycles. The van der Waals surface area contributed by atoms with E-state index in [0.29, 0.717) is 12.0 Å². The molecule has 2 amide bonds. The third kappa shape index (κ3) is 2.00. The van der Waals surface area contributed by atoms with Crippen molar-refractivity contribution in [2.75, 3.05) is 26.2 Å². The van der Waals surface area contributed by atoms with Gasteiger partial charge in [-0.25, -0.2) is 4.79 Å². The summed E-state index contributed by atoms with van der Waals surface area (Å²) in [5.74, 6) is 0.663. The van der Waals surface area contributed by atoms with Crippen LogP contribution >= 0.6 is 0 Å². The zero-order chi connectivity index (χ0) is 9.97. The molecule has 0 radical (unpaired) electrons. The molecular weight excluding hydrogens is 178 g/mol. The van der Waals surface area contributed by atoms with Gasteiger partial charge in [0.1, 0.15) is 0 Å². The van der Waals surface area contributed by atoms with Crippen molar-refractivity contribution in [3.05, 3.63) is 0 Å². The second kappa shape index (κ2) is 4.17. The van der Waals surface area contributed by atoms with Crippen LogP contribution in [0, 0.1) is 5.92 Å². The Balaban J connectivity index is 1.96. The monoisotopic (exact) mass is 197 g/mol. The Kier molecular flexibility index (Phi) is 2.91. The van der Waals surface area contributed by atoms with Crippen LogP contribution in [0.5, 0.6) is 0 Å². The summed E-state index contributed by atoms with van der Waals surface area (Å²) in [6.45, 7) is 5.57. The average molecular weight is 197 g/mol. The second-order valence-corrected chi connectivity index (χ2v) is 4.29. The second-order valence-electron chi connectivity index (χ2n) is 4.29. The molecule has 80 valence electrons. The van der Waals surface area contributed by atoms with Gasteiger partial charge in [0.05, 0.1) is 0 Å². The molecule has 3 saturated heterocycles. The highest BCUT2D eigenvalue weighted by Gasteiger charge is 2.30. The summed E-state index contributed by atoms with van der Waals surface area (Å²) in [4.78, 5) is 13.6. The largest absolute Gasteiger partial charge is 0.338 e. The SMILES string of the molecule is CCNC(=O)N1CC2CCC(C1)NC2. The highest BCUT2D eigenvalue weighted by molar-refractivity contribution is 5.74. The van der Waals surface area contributed by atoms with Gasteiger partial charge >= 0.3 is 6.03 Å². The molecule has 0 saturated carbocycles. The number of carbonyl (C=O) groups excluding carboxylic acids is 1. The third-order valence-electron chi connectivity index (χ3n) is 3.15. The van der Waals surface area contributed by atoms with Crippen LogP contribution in [0.1, 0.15) is 19.8 Å². The minimum absolute atomic E-state index is 0.105. The Morgan fingerprint density at radius 3 is 3.00 bits per heavy atom. The number of carbonyl (C=O) groups is 1. The lowest BCUT2D eigenvalue weighted by Crippen LogP contribution is -2.44. The van der Waals surface area contributed by atoms with E-state index in [-0.39, 0.29) is 6.03 Å². The average Bonchev–Trinajstić information content (AvgIpc) is 2.50. The standard InChI is InChI=1S/C10H19N3O/c1-2-11-10(14)13-6-8-3-4-9(7-13)12-5-8/h8-9,12H,2-7H2,1H3,(H,11,14). The summed E-state index contributed by atoms with van der Waals surface area (Å²) in [6, 6.07) is 0.629. The van der Waals surface area contributed by atoms with Gasteiger partial charge in [0.2, 0.25) is 0 Å². The van der Waals surface area contributed by atoms with Gasteiger partial charge < -0.3 is 15.5 Å². The van der Waals surface area contributed by atoms with Crippen LogP contribution in [0.2, 0.25) is 0 Å². The number of nitrogens with one attached hydrogen (secondary N) is 2. The first kappa shape index (κ1) is 9.77. The molecule has 14 heavy (non-hydrogen) atoms. The molecule has 0 aromatic rings. The summed E-state index contributed by atoms with van der Waals surface area (Å²) in [7, 11) is 0. The predicted octanol–water partition coefficient (Wildman–Crippen LogP) is 0.400. The lowest BCUT2D eigenvalue weighted by atomic mass is 9.97. The Morgan fingerprint density at radius 2 is 2.36 bits per heavy atom. The van der Waals surface area contributed by atoms with Crippen LogP contribution in [0.3, 0.4) is 0 Å². The number of piperidine rings is 1. The van der Waals surface area contributed by atoms with Crippen LogP contribution in [-0.2, 0) is 0 Å². The summed E-state index contributed by atoms with van der Waals surface area (Å²) >= 11 is 0. The first-order valence-electron chi connectivity index (χ1n) is 5.55. The van der Waals surface area contributed by atoms with Crippen molar-refractivity contribution in [3.8, 4) is 0 Å². The molecule has 0 spiro atoms. The molecule has 3 aliphatic heterocycles. The molecule has 3 heterocycles. The van der Waals surface area contributed by atoms with Gasteiger partial charge in [-0.3, -0.25) is 0 Å². The van der Waals surface area contributed by atoms with Gasteiger partial charge in [0, 0.05) is 25.7 Å². The Hall–Kier alpha value is -0.770. The van der Waals surface area contributed by atoms with E-state index in [2.05, 4.69) is 10.6 Å². The van der Waals surface area contributed by atoms with E-state index in [1.807, 2.05) is 11.8 Å². The fourth-order valence-corrected chi connectivity index (χ4v) is 2.37. The Labute approximate surface area is 85.0 Å². The zero-order valence-electron chi connectivity index (χ0n) is 8.75. The van der Waals surface area contributed by atoms with Gasteiger partial charge in [-0.2, -0.15) is 0 Å². The normalized spacial score (nSPS) is 31.4. The van der Waals surface area contributed by atoms with Gasteiger partial charge in [-0.15, -0.1) is 0 Å². The van der Waals surface area contributed by atoms with Gasteiger partial charge in [0.15, 0.2) is 0 Å². The molecule has 4 heteroatoms. The maximum atomic E-state index is 11.7. The highest BCUT2D eigenvalue weighted by Crippen LogP contribution is 2.21. The van der Waals surface area contributed by atoms with Crippen molar-refractivity contribution in [1.29, 1.82) is 0 Å². The van der Waals surface area contributed by atoms with Crippen molar-refractivity contribution >= 4 is 6.03 Å². The first-order chi connectivity index (χ1) is 6.79. The predicted molar refractivity (Wildman–Crippen MR) is 55.2 cm³/mol. The lowest BCUT2D eigenvalue weighted by molar-refractivity contribution is 0.196. The van der Waals surface area contributed by atoms with Crippen molar-refractivity contribution in [2.24, 2.45) is 5.92 Å². The number of hydrogen-bond acceptors (Lipinski definition) is 2. The fourth-order valence-electron chi connectivity index (χ4n) is 2.37. The highest BCUT2D eigenvalue weighted by atomic mass is 16.2. The molecule has 3 aliphatic rings. The summed E-state index contributed by atoms with van der Waals surface area (Å²) in [5, 5.41) is 6.36. The third-order valence-corrected chi connectivity index (χ3v) is 3.15. The van der Waals surface area contributed by atoms with Crippen molar-refractivity contribution in [1.82, 2.24) is 15.5 Å². The van der Waals surface area contributed by atoms with E-state index in [1.165, 1.54) is 12.8 Å². The summed E-state index contributed by atoms with van der Waals surface area (Å²) in [5.41, 5.74) is 0. The molecule has 0 aliphatic carbocycles. The smallest absolute Gasteiger partial charge is 0.317 e. The molecular formula is C10H19N3O. The van der Waals surface area contributed by atoms with Gasteiger partial charge in [0.25, 0.3) is 0 Å². The number of hydrogen-bond donors (Lipinski definition) is 2. The van der Waals surface area contributed by atoms with Crippen molar-refractivity contribution in [2.45, 2.75) is 25.8 Å². The van der Waals surface area contributed by atoms with Crippen LogP contribution in [-0.4, -0.2) is 43.2 Å². The van der Waals surface area contributed by atoms with Crippen LogP contribution in [0.25, 0.3) is 0 Å². The number of urea groups is 1. The van der Waals surface area contributed by atoms with Gasteiger partial charge in [-0.1, -0.05) is 0 Å². The molecule has 3 rings (SSSR count). The summed E-state index contributed by atoms with van der Waals surface area (Å²) in [6.07, 6.45) is 2.49. The summed E-state index contributed by atoms with van der Waals surface area (Å²) < 4.78 is 0. The fraction of sp³-hybridized carbons (Fsp3) is 0.900. The minimum Gasteiger partial charge on any atom is -0.338 e. The van der Waals surface area contributed by atoms with Crippen molar-refractivity contribution in [3.63, 3.8) is 0 Å². The quantitative estimate of drug-likeness (QED) is 0.639. The molecule has 0 aromatic heterocycles. The number of amides is 2. The molecule has 4 nitrogen and oxygen atoms in total. The minimum atomic E-state index is 0.105. The number of fused-ring (bicyclic) bond motifs is 4. The van der Waals surface area contributed by atoms with Crippen LogP contribution in [0.4, 0.5) is 4.79 Å². The molecule has 2 unspecified atom stereocenters. The number of rotatable bonds is 1. The molecule has 3 fully saturated rings.